The zero-order valence-corrected chi connectivity index (χ0v) is 11.9. The Morgan fingerprint density at radius 2 is 2.32 bits per heavy atom. The van der Waals surface area contributed by atoms with Crippen molar-refractivity contribution in [2.24, 2.45) is 0 Å². The number of aromatic nitrogens is 3. The van der Waals surface area contributed by atoms with E-state index in [0.29, 0.717) is 5.82 Å². The number of carbonyl (C=O) groups excluding carboxylic acids is 1. The Bertz CT molecular complexity index is 647. The third-order valence-corrected chi connectivity index (χ3v) is 3.09. The van der Waals surface area contributed by atoms with Crippen LogP contribution in [0.5, 0.6) is 0 Å². The number of nitrogens with one attached hydrogen (secondary N) is 2. The first-order valence-electron chi connectivity index (χ1n) is 5.78. The molecule has 6 nitrogen and oxygen atoms in total. The maximum Gasteiger partial charge on any atom is 0.251 e. The summed E-state index contributed by atoms with van der Waals surface area (Å²) in [6.45, 7) is 1.93. The molecule has 0 unspecified atom stereocenters. The molecular weight excluding hydrogens is 312 g/mol. The number of hydrogen-bond donors (Lipinski definition) is 2. The molecule has 100 valence electrons. The quantitative estimate of drug-likeness (QED) is 0.895. The third kappa shape index (κ3) is 3.31. The molecule has 0 aliphatic heterocycles. The first-order chi connectivity index (χ1) is 9.10. The minimum Gasteiger partial charge on any atom is -0.309 e. The Morgan fingerprint density at radius 1 is 1.53 bits per heavy atom. The van der Waals surface area contributed by atoms with Gasteiger partial charge in [0.25, 0.3) is 5.56 Å². The maximum atomic E-state index is 11.9. The van der Waals surface area contributed by atoms with Crippen LogP contribution in [0.25, 0.3) is 0 Å². The van der Waals surface area contributed by atoms with E-state index < -0.39 is 0 Å². The van der Waals surface area contributed by atoms with Gasteiger partial charge >= 0.3 is 0 Å². The van der Waals surface area contributed by atoms with Crippen LogP contribution in [-0.2, 0) is 17.8 Å². The number of halogens is 1. The lowest BCUT2D eigenvalue weighted by Crippen LogP contribution is -2.27. The zero-order chi connectivity index (χ0) is 13.8. The van der Waals surface area contributed by atoms with Crippen molar-refractivity contribution in [3.8, 4) is 0 Å². The molecule has 2 aromatic rings. The van der Waals surface area contributed by atoms with Gasteiger partial charge in [-0.05, 0) is 28.4 Å². The van der Waals surface area contributed by atoms with Gasteiger partial charge in [-0.15, -0.1) is 0 Å². The predicted octanol–water partition coefficient (Wildman–Crippen LogP) is 1.53. The topological polar surface area (TPSA) is 79.8 Å². The van der Waals surface area contributed by atoms with Gasteiger partial charge in [0, 0.05) is 22.3 Å². The molecule has 1 amide bonds. The molecule has 0 aromatic carbocycles. The van der Waals surface area contributed by atoms with Crippen LogP contribution >= 0.6 is 15.9 Å². The van der Waals surface area contributed by atoms with Gasteiger partial charge in [0.15, 0.2) is 0 Å². The van der Waals surface area contributed by atoms with Crippen LogP contribution in [0.4, 0.5) is 5.82 Å². The normalized spacial score (nSPS) is 10.4. The van der Waals surface area contributed by atoms with Crippen LogP contribution in [0, 0.1) is 0 Å². The molecule has 0 saturated carbocycles. The van der Waals surface area contributed by atoms with E-state index >= 15 is 0 Å². The van der Waals surface area contributed by atoms with Gasteiger partial charge in [-0.1, -0.05) is 6.92 Å². The molecule has 0 atom stereocenters. The van der Waals surface area contributed by atoms with Crippen molar-refractivity contribution in [3.63, 3.8) is 0 Å². The molecular formula is C12H13BrN4O2. The van der Waals surface area contributed by atoms with E-state index in [9.17, 15) is 9.59 Å². The lowest BCUT2D eigenvalue weighted by atomic mass is 10.2. The van der Waals surface area contributed by atoms with Crippen LogP contribution in [0.2, 0.25) is 0 Å². The standard InChI is InChI=1S/C12H13BrN4O2/c1-2-8-5-14-16-12(8)15-10(18)7-17-6-9(13)3-4-11(17)19/h3-6H,2,7H2,1H3,(H2,14,15,16,18). The number of aryl methyl sites for hydroxylation is 1. The lowest BCUT2D eigenvalue weighted by Gasteiger charge is -2.07. The minimum absolute atomic E-state index is 0.0412. The van der Waals surface area contributed by atoms with E-state index in [1.54, 1.807) is 18.5 Å². The summed E-state index contributed by atoms with van der Waals surface area (Å²) < 4.78 is 2.08. The molecule has 0 saturated heterocycles. The molecule has 2 rings (SSSR count). The number of aromatic amines is 1. The number of pyridine rings is 1. The lowest BCUT2D eigenvalue weighted by molar-refractivity contribution is -0.116. The SMILES string of the molecule is CCc1cn[nH]c1NC(=O)Cn1cc(Br)ccc1=O. The monoisotopic (exact) mass is 324 g/mol. The van der Waals surface area contributed by atoms with Gasteiger partial charge < -0.3 is 9.88 Å². The summed E-state index contributed by atoms with van der Waals surface area (Å²) in [4.78, 5) is 23.5. The second-order valence-corrected chi connectivity index (χ2v) is 4.90. The summed E-state index contributed by atoms with van der Waals surface area (Å²) in [5, 5.41) is 9.29. The Balaban J connectivity index is 2.09. The molecule has 0 radical (unpaired) electrons. The van der Waals surface area contributed by atoms with E-state index in [-0.39, 0.29) is 18.0 Å². The highest BCUT2D eigenvalue weighted by molar-refractivity contribution is 9.10. The van der Waals surface area contributed by atoms with Crippen molar-refractivity contribution < 1.29 is 4.79 Å². The number of amides is 1. The number of anilines is 1. The number of nitrogens with zero attached hydrogens (tertiary/aromatic N) is 2. The number of H-pyrrole nitrogens is 1. The fourth-order valence-electron chi connectivity index (χ4n) is 1.65. The van der Waals surface area contributed by atoms with Gasteiger partial charge in [-0.3, -0.25) is 14.7 Å². The van der Waals surface area contributed by atoms with Gasteiger partial charge in [0.2, 0.25) is 5.91 Å². The number of rotatable bonds is 4. The van der Waals surface area contributed by atoms with Crippen LogP contribution in [0.15, 0.2) is 33.8 Å². The number of hydrogen-bond acceptors (Lipinski definition) is 3. The van der Waals surface area contributed by atoms with Gasteiger partial charge in [-0.2, -0.15) is 5.10 Å². The van der Waals surface area contributed by atoms with Crippen molar-refractivity contribution in [3.05, 3.63) is 44.9 Å². The molecule has 2 N–H and O–H groups in total. The second-order valence-electron chi connectivity index (χ2n) is 3.99. The summed E-state index contributed by atoms with van der Waals surface area (Å²) in [6.07, 6.45) is 4.01. The van der Waals surface area contributed by atoms with Gasteiger partial charge in [0.1, 0.15) is 12.4 Å². The maximum absolute atomic E-state index is 11.9. The van der Waals surface area contributed by atoms with E-state index in [1.165, 1.54) is 10.6 Å². The first-order valence-corrected chi connectivity index (χ1v) is 6.57. The van der Waals surface area contributed by atoms with Gasteiger partial charge in [-0.25, -0.2) is 0 Å². The Labute approximate surface area is 118 Å². The van der Waals surface area contributed by atoms with Gasteiger partial charge in [0.05, 0.1) is 6.20 Å². The minimum atomic E-state index is -0.279. The fraction of sp³-hybridized carbons (Fsp3) is 0.250. The van der Waals surface area contributed by atoms with Crippen molar-refractivity contribution in [1.82, 2.24) is 14.8 Å². The number of carbonyl (C=O) groups is 1. The summed E-state index contributed by atoms with van der Waals surface area (Å²) in [5.41, 5.74) is 0.702. The summed E-state index contributed by atoms with van der Waals surface area (Å²) in [7, 11) is 0. The largest absolute Gasteiger partial charge is 0.309 e. The van der Waals surface area contributed by atoms with Crippen molar-refractivity contribution in [2.45, 2.75) is 19.9 Å². The summed E-state index contributed by atoms with van der Waals surface area (Å²) in [6, 6.07) is 3.05. The predicted molar refractivity (Wildman–Crippen MR) is 75.0 cm³/mol. The van der Waals surface area contributed by atoms with E-state index in [2.05, 4.69) is 31.4 Å². The Kier molecular flexibility index (Phi) is 4.16. The third-order valence-electron chi connectivity index (χ3n) is 2.62. The highest BCUT2D eigenvalue weighted by Gasteiger charge is 2.09. The van der Waals surface area contributed by atoms with E-state index in [1.807, 2.05) is 6.92 Å². The van der Waals surface area contributed by atoms with E-state index in [0.717, 1.165) is 16.5 Å². The second kappa shape index (κ2) is 5.83. The van der Waals surface area contributed by atoms with Crippen molar-refractivity contribution in [1.29, 1.82) is 0 Å². The average molecular weight is 325 g/mol. The van der Waals surface area contributed by atoms with E-state index in [4.69, 9.17) is 0 Å². The van der Waals surface area contributed by atoms with Crippen LogP contribution in [0.3, 0.4) is 0 Å². The summed E-state index contributed by atoms with van der Waals surface area (Å²) >= 11 is 3.26. The molecule has 0 fully saturated rings. The van der Waals surface area contributed by atoms with Crippen LogP contribution in [-0.4, -0.2) is 20.7 Å². The highest BCUT2D eigenvalue weighted by atomic mass is 79.9. The molecule has 0 aliphatic carbocycles. The summed E-state index contributed by atoms with van der Waals surface area (Å²) in [5.74, 6) is 0.301. The van der Waals surface area contributed by atoms with Crippen molar-refractivity contribution >= 4 is 27.7 Å². The molecule has 0 spiro atoms. The Hall–Kier alpha value is -1.89. The van der Waals surface area contributed by atoms with Crippen LogP contribution < -0.4 is 10.9 Å². The molecule has 0 aliphatic rings. The molecule has 19 heavy (non-hydrogen) atoms. The fourth-order valence-corrected chi connectivity index (χ4v) is 2.03. The van der Waals surface area contributed by atoms with Crippen LogP contribution in [0.1, 0.15) is 12.5 Å². The molecule has 2 aromatic heterocycles. The molecule has 2 heterocycles. The zero-order valence-electron chi connectivity index (χ0n) is 10.3. The average Bonchev–Trinajstić information content (AvgIpc) is 2.81. The highest BCUT2D eigenvalue weighted by Crippen LogP contribution is 2.11. The molecule has 7 heteroatoms. The smallest absolute Gasteiger partial charge is 0.251 e. The Morgan fingerprint density at radius 3 is 3.05 bits per heavy atom. The molecule has 0 bridgehead atoms. The van der Waals surface area contributed by atoms with Crippen molar-refractivity contribution in [2.75, 3.05) is 5.32 Å². The first kappa shape index (κ1) is 13.5.